The fourth-order valence-electron chi connectivity index (χ4n) is 2.96. The fraction of sp³-hybridized carbons (Fsp3) is 0.444. The highest BCUT2D eigenvalue weighted by atomic mass is 32.2. The first kappa shape index (κ1) is 20.1. The van der Waals surface area contributed by atoms with Crippen molar-refractivity contribution in [2.24, 2.45) is 5.92 Å². The highest BCUT2D eigenvalue weighted by Gasteiger charge is 2.35. The predicted molar refractivity (Wildman–Crippen MR) is 100 cm³/mol. The number of nitrogens with one attached hydrogen (secondary N) is 1. The third kappa shape index (κ3) is 4.13. The van der Waals surface area contributed by atoms with Crippen molar-refractivity contribution in [3.8, 4) is 0 Å². The second-order valence-corrected chi connectivity index (χ2v) is 7.96. The van der Waals surface area contributed by atoms with E-state index in [9.17, 15) is 18.0 Å². The summed E-state index contributed by atoms with van der Waals surface area (Å²) in [6.07, 6.45) is 1.73. The molecule has 0 bridgehead atoms. The standard InChI is InChI=1S/C18H25N3O4S/c1-4-11-19-18(23)14-12-17(22)21(13-14)15-7-9-16(10-8-15)26(24,25)20(5-2)6-3/h4,7-10,14H,1,5-6,11-13H2,2-3H3,(H,19,23)/t14-/m1/s1. The number of rotatable bonds is 8. The monoisotopic (exact) mass is 379 g/mol. The van der Waals surface area contributed by atoms with E-state index in [1.54, 1.807) is 32.1 Å². The Bertz CT molecular complexity index is 770. The van der Waals surface area contributed by atoms with Gasteiger partial charge in [0.15, 0.2) is 0 Å². The van der Waals surface area contributed by atoms with Gasteiger partial charge in [-0.15, -0.1) is 6.58 Å². The first-order chi connectivity index (χ1) is 12.3. The maximum atomic E-state index is 12.5. The van der Waals surface area contributed by atoms with E-state index in [-0.39, 0.29) is 29.7 Å². The summed E-state index contributed by atoms with van der Waals surface area (Å²) in [4.78, 5) is 26.0. The number of nitrogens with zero attached hydrogens (tertiary/aromatic N) is 2. The molecule has 7 nitrogen and oxygen atoms in total. The molecule has 1 saturated heterocycles. The van der Waals surface area contributed by atoms with Crippen LogP contribution in [0.2, 0.25) is 0 Å². The minimum Gasteiger partial charge on any atom is -0.352 e. The van der Waals surface area contributed by atoms with Gasteiger partial charge in [0.2, 0.25) is 21.8 Å². The molecule has 1 aliphatic heterocycles. The number of sulfonamides is 1. The Kier molecular flexibility index (Phi) is 6.55. The van der Waals surface area contributed by atoms with Crippen LogP contribution in [0.4, 0.5) is 5.69 Å². The summed E-state index contributed by atoms with van der Waals surface area (Å²) in [5, 5.41) is 2.70. The average Bonchev–Trinajstić information content (AvgIpc) is 3.02. The topological polar surface area (TPSA) is 86.8 Å². The second-order valence-electron chi connectivity index (χ2n) is 6.02. The molecule has 0 aliphatic carbocycles. The molecule has 2 amide bonds. The third-order valence-corrected chi connectivity index (χ3v) is 6.47. The maximum Gasteiger partial charge on any atom is 0.243 e. The normalized spacial score (nSPS) is 17.6. The molecule has 1 fully saturated rings. The Hall–Kier alpha value is -2.19. The van der Waals surface area contributed by atoms with Gasteiger partial charge in [-0.3, -0.25) is 9.59 Å². The van der Waals surface area contributed by atoms with Crippen molar-refractivity contribution in [1.82, 2.24) is 9.62 Å². The third-order valence-electron chi connectivity index (χ3n) is 4.41. The van der Waals surface area contributed by atoms with E-state index >= 15 is 0 Å². The molecule has 1 N–H and O–H groups in total. The van der Waals surface area contributed by atoms with E-state index in [0.717, 1.165) is 0 Å². The molecule has 1 aliphatic rings. The number of carbonyl (C=O) groups is 2. The molecule has 0 saturated carbocycles. The molecule has 1 heterocycles. The summed E-state index contributed by atoms with van der Waals surface area (Å²) in [6.45, 7) is 8.56. The van der Waals surface area contributed by atoms with Gasteiger partial charge in [0.1, 0.15) is 0 Å². The lowest BCUT2D eigenvalue weighted by atomic mass is 10.1. The van der Waals surface area contributed by atoms with E-state index in [1.807, 2.05) is 0 Å². The molecule has 0 unspecified atom stereocenters. The Morgan fingerprint density at radius 1 is 1.31 bits per heavy atom. The van der Waals surface area contributed by atoms with Crippen LogP contribution in [0, 0.1) is 5.92 Å². The number of hydrogen-bond donors (Lipinski definition) is 1. The first-order valence-electron chi connectivity index (χ1n) is 8.64. The SMILES string of the molecule is C=CCNC(=O)[C@@H]1CC(=O)N(c2ccc(S(=O)(=O)N(CC)CC)cc2)C1. The van der Waals surface area contributed by atoms with Gasteiger partial charge in [0, 0.05) is 38.3 Å². The Morgan fingerprint density at radius 2 is 1.92 bits per heavy atom. The maximum absolute atomic E-state index is 12.5. The van der Waals surface area contributed by atoms with Crippen LogP contribution >= 0.6 is 0 Å². The summed E-state index contributed by atoms with van der Waals surface area (Å²) in [6, 6.07) is 6.22. The van der Waals surface area contributed by atoms with Crippen LogP contribution in [0.15, 0.2) is 41.8 Å². The Labute approximate surface area is 154 Å². The minimum atomic E-state index is -3.53. The van der Waals surface area contributed by atoms with Crippen LogP contribution < -0.4 is 10.2 Å². The molecule has 1 aromatic rings. The predicted octanol–water partition coefficient (Wildman–Crippen LogP) is 1.37. The summed E-state index contributed by atoms with van der Waals surface area (Å²) < 4.78 is 26.4. The molecule has 0 spiro atoms. The van der Waals surface area contributed by atoms with Crippen molar-refractivity contribution < 1.29 is 18.0 Å². The van der Waals surface area contributed by atoms with Crippen LogP contribution in [0.3, 0.4) is 0 Å². The molecule has 26 heavy (non-hydrogen) atoms. The zero-order chi connectivity index (χ0) is 19.3. The van der Waals surface area contributed by atoms with Crippen molar-refractivity contribution >= 4 is 27.5 Å². The highest BCUT2D eigenvalue weighted by Crippen LogP contribution is 2.27. The van der Waals surface area contributed by atoms with Crippen molar-refractivity contribution in [2.75, 3.05) is 31.1 Å². The van der Waals surface area contributed by atoms with Crippen LogP contribution in [-0.2, 0) is 19.6 Å². The second kappa shape index (κ2) is 8.46. The molecular formula is C18H25N3O4S. The van der Waals surface area contributed by atoms with Crippen molar-refractivity contribution in [3.05, 3.63) is 36.9 Å². The van der Waals surface area contributed by atoms with Gasteiger partial charge in [-0.25, -0.2) is 8.42 Å². The van der Waals surface area contributed by atoms with Gasteiger partial charge in [-0.05, 0) is 24.3 Å². The van der Waals surface area contributed by atoms with Crippen LogP contribution in [0.5, 0.6) is 0 Å². The lowest BCUT2D eigenvalue weighted by Gasteiger charge is -2.20. The van der Waals surface area contributed by atoms with Gasteiger partial charge >= 0.3 is 0 Å². The lowest BCUT2D eigenvalue weighted by Crippen LogP contribution is -2.33. The quantitative estimate of drug-likeness (QED) is 0.691. The first-order valence-corrected chi connectivity index (χ1v) is 10.1. The number of anilines is 1. The largest absolute Gasteiger partial charge is 0.352 e. The molecule has 0 aromatic heterocycles. The number of hydrogen-bond acceptors (Lipinski definition) is 4. The van der Waals surface area contributed by atoms with Gasteiger partial charge in [-0.2, -0.15) is 4.31 Å². The van der Waals surface area contributed by atoms with Gasteiger partial charge in [0.25, 0.3) is 0 Å². The van der Waals surface area contributed by atoms with Crippen LogP contribution in [0.25, 0.3) is 0 Å². The zero-order valence-corrected chi connectivity index (χ0v) is 16.0. The van der Waals surface area contributed by atoms with Gasteiger partial charge in [0.05, 0.1) is 10.8 Å². The number of amides is 2. The molecule has 0 radical (unpaired) electrons. The van der Waals surface area contributed by atoms with Crippen molar-refractivity contribution in [3.63, 3.8) is 0 Å². The fourth-order valence-corrected chi connectivity index (χ4v) is 4.42. The molecule has 2 rings (SSSR count). The number of carbonyl (C=O) groups excluding carboxylic acids is 2. The van der Waals surface area contributed by atoms with Gasteiger partial charge < -0.3 is 10.2 Å². The Balaban J connectivity index is 2.15. The summed E-state index contributed by atoms with van der Waals surface area (Å²) in [7, 11) is -3.53. The minimum absolute atomic E-state index is 0.141. The summed E-state index contributed by atoms with van der Waals surface area (Å²) in [5.74, 6) is -0.744. The summed E-state index contributed by atoms with van der Waals surface area (Å²) in [5.41, 5.74) is 0.590. The van der Waals surface area contributed by atoms with E-state index in [0.29, 0.717) is 25.3 Å². The van der Waals surface area contributed by atoms with Gasteiger partial charge in [-0.1, -0.05) is 19.9 Å². The molecular weight excluding hydrogens is 354 g/mol. The Morgan fingerprint density at radius 3 is 2.46 bits per heavy atom. The van der Waals surface area contributed by atoms with E-state index in [2.05, 4.69) is 11.9 Å². The zero-order valence-electron chi connectivity index (χ0n) is 15.1. The van der Waals surface area contributed by atoms with Crippen molar-refractivity contribution in [1.29, 1.82) is 0 Å². The molecule has 1 atom stereocenters. The van der Waals surface area contributed by atoms with E-state index in [4.69, 9.17) is 0 Å². The summed E-state index contributed by atoms with van der Waals surface area (Å²) >= 11 is 0. The average molecular weight is 379 g/mol. The smallest absolute Gasteiger partial charge is 0.243 e. The molecule has 8 heteroatoms. The highest BCUT2D eigenvalue weighted by molar-refractivity contribution is 7.89. The van der Waals surface area contributed by atoms with E-state index < -0.39 is 15.9 Å². The molecule has 1 aromatic carbocycles. The lowest BCUT2D eigenvalue weighted by molar-refractivity contribution is -0.126. The van der Waals surface area contributed by atoms with Crippen LogP contribution in [-0.4, -0.2) is 50.7 Å². The molecule has 142 valence electrons. The van der Waals surface area contributed by atoms with Crippen LogP contribution in [0.1, 0.15) is 20.3 Å². The number of benzene rings is 1. The van der Waals surface area contributed by atoms with Crippen molar-refractivity contribution in [2.45, 2.75) is 25.2 Å². The van der Waals surface area contributed by atoms with E-state index in [1.165, 1.54) is 21.3 Å².